The molecule has 1 atom stereocenters. The van der Waals surface area contributed by atoms with E-state index in [1.165, 1.54) is 12.8 Å². The van der Waals surface area contributed by atoms with Crippen LogP contribution >= 0.6 is 12.4 Å². The molecule has 0 spiro atoms. The van der Waals surface area contributed by atoms with Crippen molar-refractivity contribution in [3.05, 3.63) is 0 Å². The molecule has 2 aliphatic heterocycles. The van der Waals surface area contributed by atoms with Crippen molar-refractivity contribution < 1.29 is 8.42 Å². The number of hydrogen-bond donors (Lipinski definition) is 1. The van der Waals surface area contributed by atoms with Crippen molar-refractivity contribution in [1.29, 1.82) is 0 Å². The van der Waals surface area contributed by atoms with Crippen LogP contribution in [0.1, 0.15) is 32.6 Å². The topological polar surface area (TPSA) is 49.4 Å². The Labute approximate surface area is 123 Å². The lowest BCUT2D eigenvalue weighted by Gasteiger charge is -2.33. The smallest absolute Gasteiger partial charge is 0.151 e. The van der Waals surface area contributed by atoms with Crippen LogP contribution in [0, 0.1) is 5.92 Å². The minimum absolute atomic E-state index is 0. The zero-order valence-electron chi connectivity index (χ0n) is 11.8. The van der Waals surface area contributed by atoms with Crippen LogP contribution in [0.2, 0.25) is 0 Å². The van der Waals surface area contributed by atoms with Gasteiger partial charge in [-0.25, -0.2) is 8.42 Å². The summed E-state index contributed by atoms with van der Waals surface area (Å²) in [5.41, 5.74) is 0. The fourth-order valence-corrected chi connectivity index (χ4v) is 4.93. The highest BCUT2D eigenvalue weighted by molar-refractivity contribution is 7.91. The molecule has 2 aliphatic rings. The standard InChI is InChI=1S/C13H26N2O2S.ClH/c1-2-8-15(10-12-3-6-14-7-4-12)13-5-9-18(16,17)11-13;/h12-14H,2-11H2,1H3;1H. The zero-order chi connectivity index (χ0) is 13.0. The molecule has 0 aromatic heterocycles. The highest BCUT2D eigenvalue weighted by Crippen LogP contribution is 2.21. The molecule has 2 saturated heterocycles. The summed E-state index contributed by atoms with van der Waals surface area (Å²) in [6, 6.07) is 0.282. The third-order valence-corrected chi connectivity index (χ3v) is 5.94. The van der Waals surface area contributed by atoms with Crippen LogP contribution in [0.15, 0.2) is 0 Å². The van der Waals surface area contributed by atoms with Crippen molar-refractivity contribution in [2.24, 2.45) is 5.92 Å². The number of nitrogens with zero attached hydrogens (tertiary/aromatic N) is 1. The van der Waals surface area contributed by atoms with E-state index in [4.69, 9.17) is 0 Å². The second-order valence-corrected chi connectivity index (χ2v) is 7.97. The van der Waals surface area contributed by atoms with Gasteiger partial charge in [0, 0.05) is 12.6 Å². The molecule has 2 fully saturated rings. The molecule has 0 saturated carbocycles. The van der Waals surface area contributed by atoms with Crippen LogP contribution in [-0.2, 0) is 9.84 Å². The minimum atomic E-state index is -2.75. The molecule has 19 heavy (non-hydrogen) atoms. The Balaban J connectivity index is 0.00000180. The molecule has 0 amide bonds. The van der Waals surface area contributed by atoms with E-state index >= 15 is 0 Å². The van der Waals surface area contributed by atoms with Crippen LogP contribution in [-0.4, -0.2) is 57.0 Å². The van der Waals surface area contributed by atoms with Gasteiger partial charge in [0.15, 0.2) is 9.84 Å². The summed E-state index contributed by atoms with van der Waals surface area (Å²) in [6.07, 6.45) is 4.42. The summed E-state index contributed by atoms with van der Waals surface area (Å²) < 4.78 is 23.2. The van der Waals surface area contributed by atoms with Gasteiger partial charge in [-0.05, 0) is 51.2 Å². The molecule has 4 nitrogen and oxygen atoms in total. The number of hydrogen-bond acceptors (Lipinski definition) is 4. The molecule has 2 rings (SSSR count). The van der Waals surface area contributed by atoms with Crippen molar-refractivity contribution in [1.82, 2.24) is 10.2 Å². The number of sulfone groups is 1. The van der Waals surface area contributed by atoms with E-state index in [0.717, 1.165) is 44.9 Å². The fourth-order valence-electron chi connectivity index (χ4n) is 3.17. The normalized spacial score (nSPS) is 27.4. The first kappa shape index (κ1) is 17.2. The molecule has 1 N–H and O–H groups in total. The zero-order valence-corrected chi connectivity index (χ0v) is 13.4. The van der Waals surface area contributed by atoms with E-state index in [1.54, 1.807) is 0 Å². The average Bonchev–Trinajstić information content (AvgIpc) is 2.70. The maximum absolute atomic E-state index is 11.6. The highest BCUT2D eigenvalue weighted by atomic mass is 35.5. The van der Waals surface area contributed by atoms with Crippen LogP contribution in [0.25, 0.3) is 0 Å². The Morgan fingerprint density at radius 2 is 1.89 bits per heavy atom. The Morgan fingerprint density at radius 1 is 1.21 bits per heavy atom. The average molecular weight is 311 g/mol. The van der Waals surface area contributed by atoms with E-state index in [-0.39, 0.29) is 18.4 Å². The maximum atomic E-state index is 11.6. The predicted octanol–water partition coefficient (Wildman–Crippen LogP) is 1.31. The maximum Gasteiger partial charge on any atom is 0.151 e. The Morgan fingerprint density at radius 3 is 2.42 bits per heavy atom. The van der Waals surface area contributed by atoms with E-state index in [1.807, 2.05) is 0 Å². The third kappa shape index (κ3) is 5.21. The van der Waals surface area contributed by atoms with Crippen LogP contribution < -0.4 is 5.32 Å². The molecular formula is C13H27ClN2O2S. The predicted molar refractivity (Wildman–Crippen MR) is 81.8 cm³/mol. The van der Waals surface area contributed by atoms with Gasteiger partial charge in [-0.1, -0.05) is 6.92 Å². The lowest BCUT2D eigenvalue weighted by Crippen LogP contribution is -2.42. The molecule has 0 aromatic rings. The lowest BCUT2D eigenvalue weighted by molar-refractivity contribution is 0.163. The third-order valence-electron chi connectivity index (χ3n) is 4.19. The van der Waals surface area contributed by atoms with Crippen molar-refractivity contribution in [2.45, 2.75) is 38.6 Å². The minimum Gasteiger partial charge on any atom is -0.317 e. The Kier molecular flexibility index (Phi) is 7.08. The summed E-state index contributed by atoms with van der Waals surface area (Å²) in [4.78, 5) is 2.44. The van der Waals surface area contributed by atoms with E-state index in [0.29, 0.717) is 11.5 Å². The first-order valence-electron chi connectivity index (χ1n) is 7.26. The summed E-state index contributed by atoms with van der Waals surface area (Å²) in [5, 5.41) is 3.39. The number of halogens is 1. The molecule has 0 radical (unpaired) electrons. The van der Waals surface area contributed by atoms with Crippen LogP contribution in [0.4, 0.5) is 0 Å². The van der Waals surface area contributed by atoms with Gasteiger partial charge in [-0.2, -0.15) is 0 Å². The van der Waals surface area contributed by atoms with Gasteiger partial charge in [-0.15, -0.1) is 12.4 Å². The first-order chi connectivity index (χ1) is 8.61. The van der Waals surface area contributed by atoms with E-state index < -0.39 is 9.84 Å². The van der Waals surface area contributed by atoms with Gasteiger partial charge in [-0.3, -0.25) is 4.90 Å². The SMILES string of the molecule is CCCN(CC1CCNCC1)C1CCS(=O)(=O)C1.Cl. The van der Waals surface area contributed by atoms with E-state index in [9.17, 15) is 8.42 Å². The van der Waals surface area contributed by atoms with Gasteiger partial charge in [0.25, 0.3) is 0 Å². The molecular weight excluding hydrogens is 284 g/mol. The molecule has 114 valence electrons. The molecule has 6 heteroatoms. The largest absolute Gasteiger partial charge is 0.317 e. The monoisotopic (exact) mass is 310 g/mol. The summed E-state index contributed by atoms with van der Waals surface area (Å²) in [5.74, 6) is 1.53. The van der Waals surface area contributed by atoms with Gasteiger partial charge in [0.05, 0.1) is 11.5 Å². The summed E-state index contributed by atoms with van der Waals surface area (Å²) in [6.45, 7) is 6.56. The number of nitrogens with one attached hydrogen (secondary N) is 1. The van der Waals surface area contributed by atoms with Crippen molar-refractivity contribution in [3.8, 4) is 0 Å². The van der Waals surface area contributed by atoms with Crippen molar-refractivity contribution in [2.75, 3.05) is 37.7 Å². The molecule has 0 bridgehead atoms. The second kappa shape index (κ2) is 7.81. The second-order valence-electron chi connectivity index (χ2n) is 5.75. The van der Waals surface area contributed by atoms with Gasteiger partial charge >= 0.3 is 0 Å². The number of rotatable bonds is 5. The molecule has 1 unspecified atom stereocenters. The first-order valence-corrected chi connectivity index (χ1v) is 9.08. The number of piperidine rings is 1. The van der Waals surface area contributed by atoms with Gasteiger partial charge < -0.3 is 5.32 Å². The molecule has 2 heterocycles. The summed E-state index contributed by atoms with van der Waals surface area (Å²) in [7, 11) is -2.75. The summed E-state index contributed by atoms with van der Waals surface area (Å²) >= 11 is 0. The fraction of sp³-hybridized carbons (Fsp3) is 1.00. The lowest BCUT2D eigenvalue weighted by atomic mass is 9.96. The molecule has 0 aromatic carbocycles. The van der Waals surface area contributed by atoms with Crippen molar-refractivity contribution >= 4 is 22.2 Å². The molecule has 0 aliphatic carbocycles. The Bertz CT molecular complexity index is 356. The van der Waals surface area contributed by atoms with Crippen LogP contribution in [0.5, 0.6) is 0 Å². The van der Waals surface area contributed by atoms with Crippen LogP contribution in [0.3, 0.4) is 0 Å². The van der Waals surface area contributed by atoms with E-state index in [2.05, 4.69) is 17.1 Å². The highest BCUT2D eigenvalue weighted by Gasteiger charge is 2.32. The van der Waals surface area contributed by atoms with Crippen molar-refractivity contribution in [3.63, 3.8) is 0 Å². The Hall–Kier alpha value is 0.160. The van der Waals surface area contributed by atoms with Gasteiger partial charge in [0.2, 0.25) is 0 Å². The quantitative estimate of drug-likeness (QED) is 0.832. The van der Waals surface area contributed by atoms with Gasteiger partial charge in [0.1, 0.15) is 0 Å².